The van der Waals surface area contributed by atoms with E-state index in [1.54, 1.807) is 0 Å². The van der Waals surface area contributed by atoms with E-state index in [-0.39, 0.29) is 0 Å². The van der Waals surface area contributed by atoms with Gasteiger partial charge in [-0.2, -0.15) is 132 Å². The number of fused-ring (bicyclic) bond motifs is 1. The van der Waals surface area contributed by atoms with Gasteiger partial charge < -0.3 is 0 Å². The molecule has 8 rings (SSSR count). The van der Waals surface area contributed by atoms with Gasteiger partial charge in [0.25, 0.3) is 0 Å². The van der Waals surface area contributed by atoms with E-state index in [0.717, 1.165) is 6.54 Å². The maximum absolute atomic E-state index is 14.2. The van der Waals surface area contributed by atoms with Crippen molar-refractivity contribution in [3.05, 3.63) is 219 Å². The van der Waals surface area contributed by atoms with Crippen molar-refractivity contribution in [1.29, 1.82) is 0 Å². The number of para-hydroxylation sites is 1. The van der Waals surface area contributed by atoms with E-state index < -0.39 is 195 Å². The van der Waals surface area contributed by atoms with Gasteiger partial charge in [-0.25, -0.2) is 0 Å². The summed E-state index contributed by atoms with van der Waals surface area (Å²) in [7, 11) is 0. The smallest absolute Gasteiger partial charge is 0.194 e. The predicted molar refractivity (Wildman–Crippen MR) is 259 cm³/mol. The fourth-order valence-electron chi connectivity index (χ4n) is 9.56. The molecule has 440 valence electrons. The minimum Gasteiger partial charge on any atom is -0.194 e. The molecule has 1 nitrogen and oxygen atoms in total. The molecule has 0 radical (unpaired) electrons. The zero-order valence-electron chi connectivity index (χ0n) is 42.0. The van der Waals surface area contributed by atoms with Crippen LogP contribution in [0.1, 0.15) is 75.4 Å². The Morgan fingerprint density at radius 1 is 0.325 bits per heavy atom. The van der Waals surface area contributed by atoms with Gasteiger partial charge in [-0.1, -0.05) is 117 Å². The molecule has 1 heterocycles. The summed E-state index contributed by atoms with van der Waals surface area (Å²) < 4.78 is 343. The first-order valence-corrected chi connectivity index (χ1v) is 23.9. The molecule has 0 fully saturated rings. The summed E-state index contributed by atoms with van der Waals surface area (Å²) in [6.07, 6.45) is -54.8. The quantitative estimate of drug-likeness (QED) is 0.0811. The van der Waals surface area contributed by atoms with Crippen LogP contribution in [0.4, 0.5) is 105 Å². The number of alkyl halides is 24. The molecular formula is C57H36BF24N. The number of hydrogen-bond donors (Lipinski definition) is 0. The van der Waals surface area contributed by atoms with Gasteiger partial charge in [0.05, 0.1) is 44.5 Å². The highest BCUT2D eigenvalue weighted by Gasteiger charge is 2.47. The second-order valence-corrected chi connectivity index (χ2v) is 19.3. The fraction of sp³-hybridized carbons (Fsp3) is 0.211. The van der Waals surface area contributed by atoms with Crippen molar-refractivity contribution >= 4 is 38.9 Å². The number of rotatable bonds is 8. The van der Waals surface area contributed by atoms with Crippen LogP contribution < -0.4 is 26.4 Å². The molecule has 7 aromatic carbocycles. The van der Waals surface area contributed by atoms with Crippen LogP contribution in [0, 0.1) is 0 Å². The second kappa shape index (κ2) is 22.2. The van der Waals surface area contributed by atoms with Crippen LogP contribution in [0.5, 0.6) is 0 Å². The van der Waals surface area contributed by atoms with Crippen molar-refractivity contribution in [2.45, 2.75) is 75.7 Å². The molecule has 0 saturated carbocycles. The monoisotopic (exact) mass is 1200 g/mol. The molecule has 8 aromatic rings. The topological polar surface area (TPSA) is 3.88 Å². The molecule has 26 heteroatoms. The number of benzene rings is 7. The normalized spacial score (nSPS) is 13.3. The molecule has 0 amide bonds. The van der Waals surface area contributed by atoms with E-state index in [4.69, 9.17) is 0 Å². The van der Waals surface area contributed by atoms with Crippen LogP contribution in [0.15, 0.2) is 164 Å². The zero-order valence-corrected chi connectivity index (χ0v) is 42.0. The number of nitrogens with zero attached hydrogens (tertiary/aromatic N) is 1. The van der Waals surface area contributed by atoms with E-state index in [9.17, 15) is 105 Å². The minimum atomic E-state index is -6.13. The third-order valence-electron chi connectivity index (χ3n) is 13.4. The lowest BCUT2D eigenvalue weighted by Gasteiger charge is -2.46. The largest absolute Gasteiger partial charge is 0.416 e. The summed E-state index contributed by atoms with van der Waals surface area (Å²) >= 11 is 0. The van der Waals surface area contributed by atoms with Gasteiger partial charge >= 0.3 is 49.4 Å². The van der Waals surface area contributed by atoms with Crippen LogP contribution >= 0.6 is 0 Å². The van der Waals surface area contributed by atoms with Crippen LogP contribution in [0.25, 0.3) is 22.2 Å². The molecule has 0 aliphatic carbocycles. The average Bonchev–Trinajstić information content (AvgIpc) is 3.58. The first kappa shape index (κ1) is 62.9. The van der Waals surface area contributed by atoms with Crippen molar-refractivity contribution in [3.8, 4) is 11.3 Å². The molecule has 0 saturated heterocycles. The molecule has 83 heavy (non-hydrogen) atoms. The van der Waals surface area contributed by atoms with E-state index in [1.165, 1.54) is 33.3 Å². The Hall–Kier alpha value is -7.67. The maximum atomic E-state index is 14.2. The van der Waals surface area contributed by atoms with Crippen molar-refractivity contribution in [2.75, 3.05) is 0 Å². The summed E-state index contributed by atoms with van der Waals surface area (Å²) in [4.78, 5) is 0. The highest BCUT2D eigenvalue weighted by molar-refractivity contribution is 7.20. The van der Waals surface area contributed by atoms with Gasteiger partial charge in [0, 0.05) is 28.6 Å². The molecule has 0 N–H and O–H groups in total. The Morgan fingerprint density at radius 2 is 0.614 bits per heavy atom. The number of pyridine rings is 1. The first-order valence-electron chi connectivity index (χ1n) is 23.9. The second-order valence-electron chi connectivity index (χ2n) is 19.3. The Balaban J connectivity index is 0.000000313. The van der Waals surface area contributed by atoms with Crippen LogP contribution in [0.3, 0.4) is 0 Å². The van der Waals surface area contributed by atoms with Gasteiger partial charge in [-0.05, 0) is 60.0 Å². The highest BCUT2D eigenvalue weighted by Crippen LogP contribution is 2.42. The predicted octanol–water partition coefficient (Wildman–Crippen LogP) is 17.2. The molecular weight excluding hydrogens is 1170 g/mol. The summed E-state index contributed by atoms with van der Waals surface area (Å²) in [5, 5.41) is 1.27. The van der Waals surface area contributed by atoms with Gasteiger partial charge in [-0.15, -0.1) is 0 Å². The Morgan fingerprint density at radius 3 is 0.904 bits per heavy atom. The van der Waals surface area contributed by atoms with Crippen LogP contribution in [-0.4, -0.2) is 6.15 Å². The number of halogens is 24. The van der Waals surface area contributed by atoms with Gasteiger partial charge in [-0.3, -0.25) is 0 Å². The Kier molecular flexibility index (Phi) is 16.8. The number of hydrogen-bond acceptors (Lipinski definition) is 0. The molecule has 0 spiro atoms. The van der Waals surface area contributed by atoms with E-state index in [0.29, 0.717) is 5.92 Å². The van der Waals surface area contributed by atoms with E-state index in [2.05, 4.69) is 109 Å². The lowest BCUT2D eigenvalue weighted by Crippen LogP contribution is -2.75. The summed E-state index contributed by atoms with van der Waals surface area (Å²) in [5.41, 5.74) is -23.7. The lowest BCUT2D eigenvalue weighted by molar-refractivity contribution is -0.651. The maximum Gasteiger partial charge on any atom is 0.416 e. The van der Waals surface area contributed by atoms with Crippen molar-refractivity contribution in [2.24, 2.45) is 0 Å². The van der Waals surface area contributed by atoms with Gasteiger partial charge in [0.15, 0.2) is 6.54 Å². The Bertz CT molecular complexity index is 3180. The summed E-state index contributed by atoms with van der Waals surface area (Å²) in [6.45, 7) is 5.34. The third kappa shape index (κ3) is 14.1. The third-order valence-corrected chi connectivity index (χ3v) is 13.4. The molecule has 0 aliphatic rings. The number of aromatic nitrogens is 1. The standard InChI is InChI=1S/C32H12BF24.C25H24N/c34-25(35,36)13-1-14(26(37,38)39)6-21(5-13)33(22-7-15(27(40,41)42)2-16(8-22)28(43,44)45,23-9-17(29(46,47)48)3-18(10-23)30(49,50)51)24-11-19(31(52,53)54)4-20(12-24)32(55,56)57;1-19(2)21-12-14-23(15-13-21)25-17-16-22-10-6-7-11-24(22)26(25)18-20-8-4-3-5-9-20/h1-12H;3-17,19H,18H2,1-2H3/q-1;+1. The van der Waals surface area contributed by atoms with Crippen molar-refractivity contribution in [1.82, 2.24) is 0 Å². The molecule has 0 aliphatic heterocycles. The highest BCUT2D eigenvalue weighted by atomic mass is 19.4. The zero-order chi connectivity index (χ0) is 61.8. The average molecular weight is 1200 g/mol. The molecule has 0 bridgehead atoms. The minimum absolute atomic E-state index is 0.553. The van der Waals surface area contributed by atoms with Gasteiger partial charge in [0.1, 0.15) is 6.15 Å². The molecule has 0 unspecified atom stereocenters. The van der Waals surface area contributed by atoms with Crippen LogP contribution in [-0.2, 0) is 56.0 Å². The van der Waals surface area contributed by atoms with E-state index >= 15 is 0 Å². The van der Waals surface area contributed by atoms with Crippen LogP contribution in [0.2, 0.25) is 0 Å². The van der Waals surface area contributed by atoms with Crippen molar-refractivity contribution in [3.63, 3.8) is 0 Å². The molecule has 0 atom stereocenters. The lowest BCUT2D eigenvalue weighted by atomic mass is 9.12. The summed E-state index contributed by atoms with van der Waals surface area (Å²) in [6, 6.07) is 24.0. The summed E-state index contributed by atoms with van der Waals surface area (Å²) in [5.74, 6) is 0.553. The Labute approximate surface area is 454 Å². The van der Waals surface area contributed by atoms with Crippen molar-refractivity contribution < 1.29 is 110 Å². The fourth-order valence-corrected chi connectivity index (χ4v) is 9.56. The molecule has 1 aromatic heterocycles. The SMILES string of the molecule is CC(C)c1ccc(-c2ccc3ccccc3[n+]2Cc2ccccc2)cc1.FC(F)(F)c1cc([B-](c2cc(C(F)(F)F)cc(C(F)(F)F)c2)(c2cc(C(F)(F)F)cc(C(F)(F)F)c2)c2cc(C(F)(F)F)cc(C(F)(F)F)c2)cc(C(F)(F)F)c1. The van der Waals surface area contributed by atoms with E-state index in [1.807, 2.05) is 0 Å². The van der Waals surface area contributed by atoms with Gasteiger partial charge in [0.2, 0.25) is 11.2 Å². The first-order chi connectivity index (χ1) is 38.0.